The molecule has 0 unspecified atom stereocenters. The van der Waals surface area contributed by atoms with Crippen molar-refractivity contribution >= 4 is 22.5 Å². The number of piperazine rings is 1. The first-order chi connectivity index (χ1) is 13.9. The van der Waals surface area contributed by atoms with Gasteiger partial charge in [0.2, 0.25) is 5.91 Å². The number of fused-ring (bicyclic) bond motifs is 1. The maximum atomic E-state index is 12.4. The lowest BCUT2D eigenvalue weighted by Crippen LogP contribution is -2.49. The standard InChI is InChI=1S/C24H28N4O/c1-24(2,3)17-23(29)28-15-13-27(14-16-28)22-12-11-21(25-26-22)20-10-6-8-18-7-4-5-9-19(18)20/h4-12H,13-17H2,1-3H3. The largest absolute Gasteiger partial charge is 0.352 e. The van der Waals surface area contributed by atoms with Crippen molar-refractivity contribution in [3.05, 3.63) is 54.6 Å². The van der Waals surface area contributed by atoms with E-state index in [1.807, 2.05) is 29.2 Å². The minimum absolute atomic E-state index is 0.0249. The molecule has 1 fully saturated rings. The van der Waals surface area contributed by atoms with E-state index in [9.17, 15) is 4.79 Å². The van der Waals surface area contributed by atoms with Crippen molar-refractivity contribution in [2.24, 2.45) is 5.41 Å². The molecule has 0 atom stereocenters. The first-order valence-electron chi connectivity index (χ1n) is 10.3. The fourth-order valence-electron chi connectivity index (χ4n) is 3.84. The van der Waals surface area contributed by atoms with Gasteiger partial charge in [-0.25, -0.2) is 0 Å². The summed E-state index contributed by atoms with van der Waals surface area (Å²) >= 11 is 0. The Kier molecular flexibility index (Phi) is 5.22. The van der Waals surface area contributed by atoms with Gasteiger partial charge in [-0.3, -0.25) is 4.79 Å². The maximum absolute atomic E-state index is 12.4. The van der Waals surface area contributed by atoms with Gasteiger partial charge in [0.1, 0.15) is 0 Å². The Labute approximate surface area is 172 Å². The summed E-state index contributed by atoms with van der Waals surface area (Å²) in [5.74, 6) is 1.12. The van der Waals surface area contributed by atoms with Gasteiger partial charge in [0.25, 0.3) is 0 Å². The van der Waals surface area contributed by atoms with Crippen LogP contribution < -0.4 is 4.90 Å². The molecule has 0 radical (unpaired) electrons. The van der Waals surface area contributed by atoms with Gasteiger partial charge < -0.3 is 9.80 Å². The van der Waals surface area contributed by atoms with E-state index in [-0.39, 0.29) is 11.3 Å². The van der Waals surface area contributed by atoms with E-state index in [0.717, 1.165) is 43.3 Å². The van der Waals surface area contributed by atoms with Crippen molar-refractivity contribution in [3.63, 3.8) is 0 Å². The van der Waals surface area contributed by atoms with Gasteiger partial charge in [-0.15, -0.1) is 10.2 Å². The number of hydrogen-bond acceptors (Lipinski definition) is 4. The third-order valence-corrected chi connectivity index (χ3v) is 5.35. The van der Waals surface area contributed by atoms with E-state index in [4.69, 9.17) is 0 Å². The SMILES string of the molecule is CC(C)(C)CC(=O)N1CCN(c2ccc(-c3cccc4ccccc34)nn2)CC1. The van der Waals surface area contributed by atoms with Crippen molar-refractivity contribution in [1.29, 1.82) is 0 Å². The third kappa shape index (κ3) is 4.39. The van der Waals surface area contributed by atoms with Crippen LogP contribution in [0.4, 0.5) is 5.82 Å². The fourth-order valence-corrected chi connectivity index (χ4v) is 3.84. The first kappa shape index (κ1) is 19.4. The number of aromatic nitrogens is 2. The van der Waals surface area contributed by atoms with E-state index in [1.54, 1.807) is 0 Å². The molecular formula is C24H28N4O. The molecule has 0 spiro atoms. The number of benzene rings is 2. The summed E-state index contributed by atoms with van der Waals surface area (Å²) in [6.45, 7) is 9.37. The molecule has 3 aromatic rings. The second-order valence-electron chi connectivity index (χ2n) is 8.91. The molecule has 2 heterocycles. The summed E-state index contributed by atoms with van der Waals surface area (Å²) in [7, 11) is 0. The number of carbonyl (C=O) groups excluding carboxylic acids is 1. The summed E-state index contributed by atoms with van der Waals surface area (Å²) < 4.78 is 0. The van der Waals surface area contributed by atoms with Crippen molar-refractivity contribution in [3.8, 4) is 11.3 Å². The van der Waals surface area contributed by atoms with Gasteiger partial charge in [0.05, 0.1) is 5.69 Å². The van der Waals surface area contributed by atoms with Crippen LogP contribution in [0.3, 0.4) is 0 Å². The average Bonchev–Trinajstić information content (AvgIpc) is 2.72. The Hall–Kier alpha value is -2.95. The van der Waals surface area contributed by atoms with Crippen molar-refractivity contribution in [1.82, 2.24) is 15.1 Å². The molecule has 1 aliphatic heterocycles. The molecule has 2 aromatic carbocycles. The number of rotatable bonds is 3. The molecule has 0 bridgehead atoms. The number of carbonyl (C=O) groups is 1. The smallest absolute Gasteiger partial charge is 0.223 e. The first-order valence-corrected chi connectivity index (χ1v) is 10.3. The second kappa shape index (κ2) is 7.82. The number of nitrogens with zero attached hydrogens (tertiary/aromatic N) is 4. The molecule has 0 aliphatic carbocycles. The monoisotopic (exact) mass is 388 g/mol. The highest BCUT2D eigenvalue weighted by molar-refractivity contribution is 5.95. The zero-order chi connectivity index (χ0) is 20.4. The normalized spacial score (nSPS) is 15.0. The summed E-state index contributed by atoms with van der Waals surface area (Å²) in [6, 6.07) is 18.7. The average molecular weight is 389 g/mol. The van der Waals surface area contributed by atoms with Crippen molar-refractivity contribution in [2.45, 2.75) is 27.2 Å². The summed E-state index contributed by atoms with van der Waals surface area (Å²) in [5, 5.41) is 11.4. The Morgan fingerprint density at radius 1 is 0.897 bits per heavy atom. The highest BCUT2D eigenvalue weighted by atomic mass is 16.2. The van der Waals surface area contributed by atoms with E-state index in [1.165, 1.54) is 10.8 Å². The van der Waals surface area contributed by atoms with Crippen LogP contribution in [0.2, 0.25) is 0 Å². The molecule has 1 saturated heterocycles. The second-order valence-corrected chi connectivity index (χ2v) is 8.91. The predicted molar refractivity (Wildman–Crippen MR) is 118 cm³/mol. The van der Waals surface area contributed by atoms with Crippen LogP contribution in [0.25, 0.3) is 22.0 Å². The zero-order valence-corrected chi connectivity index (χ0v) is 17.4. The van der Waals surface area contributed by atoms with Crippen LogP contribution >= 0.6 is 0 Å². The van der Waals surface area contributed by atoms with Gasteiger partial charge >= 0.3 is 0 Å². The molecular weight excluding hydrogens is 360 g/mol. The summed E-state index contributed by atoms with van der Waals surface area (Å²) in [6.07, 6.45) is 0.590. The van der Waals surface area contributed by atoms with Gasteiger partial charge in [0.15, 0.2) is 5.82 Å². The minimum atomic E-state index is 0.0249. The molecule has 150 valence electrons. The molecule has 4 rings (SSSR count). The van der Waals surface area contributed by atoms with Crippen LogP contribution in [-0.4, -0.2) is 47.2 Å². The van der Waals surface area contributed by atoms with Crippen LogP contribution in [0.5, 0.6) is 0 Å². The number of anilines is 1. The van der Waals surface area contributed by atoms with Crippen LogP contribution in [0.1, 0.15) is 27.2 Å². The lowest BCUT2D eigenvalue weighted by atomic mass is 9.91. The molecule has 1 amide bonds. The number of hydrogen-bond donors (Lipinski definition) is 0. The molecule has 0 N–H and O–H groups in total. The molecule has 1 aromatic heterocycles. The lowest BCUT2D eigenvalue weighted by Gasteiger charge is -2.36. The van der Waals surface area contributed by atoms with Gasteiger partial charge in [-0.1, -0.05) is 63.2 Å². The molecule has 29 heavy (non-hydrogen) atoms. The highest BCUT2D eigenvalue weighted by Gasteiger charge is 2.25. The zero-order valence-electron chi connectivity index (χ0n) is 17.4. The Morgan fingerprint density at radius 3 is 2.31 bits per heavy atom. The fraction of sp³-hybridized carbons (Fsp3) is 0.375. The van der Waals surface area contributed by atoms with E-state index in [2.05, 4.69) is 66.2 Å². The molecule has 0 saturated carbocycles. The van der Waals surface area contributed by atoms with Crippen molar-refractivity contribution < 1.29 is 4.79 Å². The minimum Gasteiger partial charge on any atom is -0.352 e. The van der Waals surface area contributed by atoms with E-state index < -0.39 is 0 Å². The van der Waals surface area contributed by atoms with Crippen LogP contribution in [0.15, 0.2) is 54.6 Å². The third-order valence-electron chi connectivity index (χ3n) is 5.35. The quantitative estimate of drug-likeness (QED) is 0.668. The van der Waals surface area contributed by atoms with Gasteiger partial charge in [-0.05, 0) is 28.3 Å². The van der Waals surface area contributed by atoms with Crippen molar-refractivity contribution in [2.75, 3.05) is 31.1 Å². The summed E-state index contributed by atoms with van der Waals surface area (Å²) in [5.41, 5.74) is 2.00. The topological polar surface area (TPSA) is 49.3 Å². The number of amides is 1. The molecule has 5 nitrogen and oxygen atoms in total. The highest BCUT2D eigenvalue weighted by Crippen LogP contribution is 2.28. The van der Waals surface area contributed by atoms with Crippen LogP contribution in [-0.2, 0) is 4.79 Å². The Morgan fingerprint density at radius 2 is 1.62 bits per heavy atom. The Bertz CT molecular complexity index is 994. The van der Waals surface area contributed by atoms with E-state index in [0.29, 0.717) is 6.42 Å². The van der Waals surface area contributed by atoms with E-state index >= 15 is 0 Å². The van der Waals surface area contributed by atoms with Gasteiger partial charge in [-0.2, -0.15) is 0 Å². The Balaban J connectivity index is 1.45. The van der Waals surface area contributed by atoms with Crippen LogP contribution in [0, 0.1) is 5.41 Å². The predicted octanol–water partition coefficient (Wildman–Crippen LogP) is 4.38. The maximum Gasteiger partial charge on any atom is 0.223 e. The lowest BCUT2D eigenvalue weighted by molar-refractivity contribution is -0.133. The molecule has 5 heteroatoms. The van der Waals surface area contributed by atoms with Gasteiger partial charge in [0, 0.05) is 38.2 Å². The molecule has 1 aliphatic rings. The summed E-state index contributed by atoms with van der Waals surface area (Å²) in [4.78, 5) is 16.6.